The van der Waals surface area contributed by atoms with Crippen molar-refractivity contribution in [1.29, 1.82) is 0 Å². The van der Waals surface area contributed by atoms with Gasteiger partial charge in [-0.05, 0) is 24.3 Å². The molecule has 0 unspecified atom stereocenters. The Morgan fingerprint density at radius 2 is 1.06 bits per heavy atom. The van der Waals surface area contributed by atoms with Crippen molar-refractivity contribution in [3.63, 3.8) is 0 Å². The number of ether oxygens (including phenoxy) is 6. The minimum atomic E-state index is -0.599. The van der Waals surface area contributed by atoms with E-state index in [9.17, 15) is 10.2 Å². The number of nitrogens with zero attached hydrogens (tertiary/aromatic N) is 2. The van der Waals surface area contributed by atoms with Crippen molar-refractivity contribution in [2.75, 3.05) is 66.1 Å². The van der Waals surface area contributed by atoms with Crippen LogP contribution >= 0.6 is 0 Å². The molecular weight excluding hydrogens is 444 g/mol. The van der Waals surface area contributed by atoms with Crippen LogP contribution in [0.1, 0.15) is 0 Å². The highest BCUT2D eigenvalue weighted by atomic mass is 16.7. The molecule has 0 aliphatic carbocycles. The van der Waals surface area contributed by atoms with Gasteiger partial charge in [-0.2, -0.15) is 0 Å². The van der Waals surface area contributed by atoms with E-state index in [0.717, 1.165) is 26.2 Å². The maximum Gasteiger partial charge on any atom is 0.231 e. The van der Waals surface area contributed by atoms with Crippen molar-refractivity contribution >= 4 is 0 Å². The van der Waals surface area contributed by atoms with Gasteiger partial charge in [0.1, 0.15) is 36.9 Å². The van der Waals surface area contributed by atoms with Crippen LogP contribution in [-0.2, 0) is 0 Å². The van der Waals surface area contributed by atoms with Crippen molar-refractivity contribution in [3.05, 3.63) is 36.4 Å². The lowest BCUT2D eigenvalue weighted by Crippen LogP contribution is -2.51. The van der Waals surface area contributed by atoms with Crippen molar-refractivity contribution in [1.82, 2.24) is 9.80 Å². The fraction of sp³-hybridized carbons (Fsp3) is 0.500. The van der Waals surface area contributed by atoms with E-state index in [2.05, 4.69) is 9.80 Å². The van der Waals surface area contributed by atoms with E-state index in [0.29, 0.717) is 47.6 Å². The predicted molar refractivity (Wildman–Crippen MR) is 121 cm³/mol. The van der Waals surface area contributed by atoms with Gasteiger partial charge in [-0.3, -0.25) is 9.80 Å². The summed E-state index contributed by atoms with van der Waals surface area (Å²) in [5.74, 6) is 4.01. The molecule has 5 rings (SSSR count). The number of benzene rings is 2. The first-order chi connectivity index (χ1) is 16.6. The molecule has 1 fully saturated rings. The molecule has 2 N–H and O–H groups in total. The average molecular weight is 475 g/mol. The first-order valence-electron chi connectivity index (χ1n) is 11.5. The van der Waals surface area contributed by atoms with Crippen molar-refractivity contribution < 1.29 is 38.6 Å². The number of rotatable bonds is 10. The lowest BCUT2D eigenvalue weighted by Gasteiger charge is -2.36. The molecule has 0 bridgehead atoms. The van der Waals surface area contributed by atoms with Gasteiger partial charge in [-0.25, -0.2) is 0 Å². The molecular formula is C24H30N2O8. The highest BCUT2D eigenvalue weighted by Crippen LogP contribution is 2.36. The van der Waals surface area contributed by atoms with Crippen LogP contribution < -0.4 is 28.4 Å². The predicted octanol–water partition coefficient (Wildman–Crippen LogP) is 0.941. The molecule has 3 aliphatic heterocycles. The van der Waals surface area contributed by atoms with Gasteiger partial charge in [0.05, 0.1) is 0 Å². The Hall–Kier alpha value is -2.92. The first kappa shape index (κ1) is 22.9. The Bertz CT molecular complexity index is 888. The van der Waals surface area contributed by atoms with Crippen LogP contribution in [0.25, 0.3) is 0 Å². The van der Waals surface area contributed by atoms with Crippen LogP contribution in [0.3, 0.4) is 0 Å². The normalized spacial score (nSPS) is 19.1. The molecule has 2 aromatic rings. The van der Waals surface area contributed by atoms with E-state index in [1.165, 1.54) is 0 Å². The van der Waals surface area contributed by atoms with Gasteiger partial charge < -0.3 is 38.6 Å². The summed E-state index contributed by atoms with van der Waals surface area (Å²) in [4.78, 5) is 4.42. The fourth-order valence-corrected chi connectivity index (χ4v) is 4.17. The lowest BCUT2D eigenvalue weighted by molar-refractivity contribution is 0.0240. The summed E-state index contributed by atoms with van der Waals surface area (Å²) in [6.45, 7) is 5.18. The van der Waals surface area contributed by atoms with Crippen LogP contribution in [0.5, 0.6) is 34.5 Å². The molecule has 0 spiro atoms. The second kappa shape index (κ2) is 10.6. The van der Waals surface area contributed by atoms with Crippen molar-refractivity contribution in [2.24, 2.45) is 0 Å². The van der Waals surface area contributed by atoms with Gasteiger partial charge in [0.15, 0.2) is 23.0 Å². The Morgan fingerprint density at radius 1 is 0.647 bits per heavy atom. The van der Waals surface area contributed by atoms with Crippen LogP contribution in [-0.4, -0.2) is 98.3 Å². The number of hydrogen-bond acceptors (Lipinski definition) is 10. The zero-order valence-corrected chi connectivity index (χ0v) is 18.9. The topological polar surface area (TPSA) is 102 Å². The van der Waals surface area contributed by atoms with Crippen LogP contribution in [0.15, 0.2) is 36.4 Å². The first-order valence-corrected chi connectivity index (χ1v) is 11.5. The molecule has 3 heterocycles. The molecule has 0 aromatic heterocycles. The number of hydrogen-bond donors (Lipinski definition) is 2. The van der Waals surface area contributed by atoms with Crippen LogP contribution in [0, 0.1) is 0 Å². The zero-order valence-electron chi connectivity index (χ0n) is 18.9. The molecule has 10 nitrogen and oxygen atoms in total. The van der Waals surface area contributed by atoms with E-state index in [4.69, 9.17) is 28.4 Å². The molecule has 184 valence electrons. The summed E-state index contributed by atoms with van der Waals surface area (Å²) in [6.07, 6.45) is -1.20. The molecule has 1 saturated heterocycles. The highest BCUT2D eigenvalue weighted by Gasteiger charge is 2.22. The van der Waals surface area contributed by atoms with Gasteiger partial charge in [0.25, 0.3) is 0 Å². The Kier molecular flexibility index (Phi) is 7.10. The standard InChI is InChI=1S/C24H30N2O8/c27-17(13-29-19-1-3-21-23(9-19)33-15-31-21)11-25-5-7-26(8-6-25)12-18(28)14-30-20-2-4-22-24(10-20)34-16-32-22/h1-4,9-10,17-18,27-28H,5-8,11-16H2/t17-,18+. The zero-order chi connectivity index (χ0) is 23.3. The minimum absolute atomic E-state index is 0.204. The second-order valence-electron chi connectivity index (χ2n) is 8.56. The van der Waals surface area contributed by atoms with Crippen LogP contribution in [0.2, 0.25) is 0 Å². The second-order valence-corrected chi connectivity index (χ2v) is 8.56. The monoisotopic (exact) mass is 474 g/mol. The molecule has 0 amide bonds. The summed E-state index contributed by atoms with van der Waals surface area (Å²) in [6, 6.07) is 10.8. The number of aliphatic hydroxyl groups excluding tert-OH is 2. The summed E-state index contributed by atoms with van der Waals surface area (Å²) in [5, 5.41) is 20.8. The third-order valence-electron chi connectivity index (χ3n) is 5.98. The summed E-state index contributed by atoms with van der Waals surface area (Å²) < 4.78 is 32.7. The fourth-order valence-electron chi connectivity index (χ4n) is 4.17. The Morgan fingerprint density at radius 3 is 1.50 bits per heavy atom. The average Bonchev–Trinajstić information content (AvgIpc) is 3.51. The van der Waals surface area contributed by atoms with Crippen molar-refractivity contribution in [2.45, 2.75) is 12.2 Å². The summed E-state index contributed by atoms with van der Waals surface area (Å²) >= 11 is 0. The molecule has 2 aromatic carbocycles. The number of fused-ring (bicyclic) bond motifs is 2. The molecule has 3 aliphatic rings. The molecule has 2 atom stereocenters. The van der Waals surface area contributed by atoms with Gasteiger partial charge in [0, 0.05) is 51.4 Å². The summed E-state index contributed by atoms with van der Waals surface area (Å²) in [7, 11) is 0. The van der Waals surface area contributed by atoms with E-state index in [-0.39, 0.29) is 26.8 Å². The maximum absolute atomic E-state index is 10.4. The maximum atomic E-state index is 10.4. The smallest absolute Gasteiger partial charge is 0.231 e. The number of piperazine rings is 1. The van der Waals surface area contributed by atoms with Gasteiger partial charge in [-0.15, -0.1) is 0 Å². The Balaban J connectivity index is 0.977. The molecule has 0 radical (unpaired) electrons. The summed E-state index contributed by atoms with van der Waals surface area (Å²) in [5.41, 5.74) is 0. The largest absolute Gasteiger partial charge is 0.491 e. The highest BCUT2D eigenvalue weighted by molar-refractivity contribution is 5.47. The van der Waals surface area contributed by atoms with Crippen molar-refractivity contribution in [3.8, 4) is 34.5 Å². The van der Waals surface area contributed by atoms with Gasteiger partial charge in [-0.1, -0.05) is 0 Å². The third-order valence-corrected chi connectivity index (χ3v) is 5.98. The van der Waals surface area contributed by atoms with E-state index >= 15 is 0 Å². The molecule has 34 heavy (non-hydrogen) atoms. The number of β-amino-alcohol motifs (C(OH)–C–C–N with tert-alkyl or cyclic N) is 2. The SMILES string of the molecule is O[C@H](COc1ccc2c(c1)OCO2)CN1CCN(C[C@@H](O)COc2ccc3c(c2)OCO3)CC1. The third kappa shape index (κ3) is 5.76. The van der Waals surface area contributed by atoms with E-state index in [1.807, 2.05) is 0 Å². The van der Waals surface area contributed by atoms with Crippen LogP contribution in [0.4, 0.5) is 0 Å². The quantitative estimate of drug-likeness (QED) is 0.517. The number of aliphatic hydroxyl groups is 2. The molecule has 10 heteroatoms. The minimum Gasteiger partial charge on any atom is -0.491 e. The molecule has 0 saturated carbocycles. The van der Waals surface area contributed by atoms with E-state index in [1.54, 1.807) is 36.4 Å². The Labute approximate surface area is 198 Å². The van der Waals surface area contributed by atoms with Gasteiger partial charge in [0.2, 0.25) is 13.6 Å². The van der Waals surface area contributed by atoms with E-state index < -0.39 is 12.2 Å². The lowest BCUT2D eigenvalue weighted by atomic mass is 10.2. The van der Waals surface area contributed by atoms with Gasteiger partial charge >= 0.3 is 0 Å².